The first kappa shape index (κ1) is 18.2. The molecule has 0 aliphatic rings. The fraction of sp³-hybridized carbons (Fsp3) is 0.917. The Bertz CT molecular complexity index is 301. The summed E-state index contributed by atoms with van der Waals surface area (Å²) in [6.45, 7) is 5.39. The van der Waals surface area contributed by atoms with Crippen molar-refractivity contribution < 1.29 is 18.0 Å². The summed E-state index contributed by atoms with van der Waals surface area (Å²) in [6.07, 6.45) is -4.75. The first-order chi connectivity index (χ1) is 8.39. The zero-order chi connectivity index (χ0) is 15.4. The second-order valence-electron chi connectivity index (χ2n) is 5.65. The Labute approximate surface area is 112 Å². The van der Waals surface area contributed by atoms with Crippen molar-refractivity contribution in [1.82, 2.24) is 9.80 Å². The minimum atomic E-state index is -4.75. The Balaban J connectivity index is 4.99. The molecule has 0 saturated carbocycles. The maximum absolute atomic E-state index is 12.8. The SMILES string of the molecule is CC(C)CN(CCN(C)C)C(=O)C(C)(N)C(F)(F)F. The highest BCUT2D eigenvalue weighted by atomic mass is 19.4. The molecule has 0 aromatic carbocycles. The summed E-state index contributed by atoms with van der Waals surface area (Å²) in [5.74, 6) is -0.995. The predicted molar refractivity (Wildman–Crippen MR) is 68.6 cm³/mol. The molecule has 0 aromatic heterocycles. The molecule has 0 heterocycles. The van der Waals surface area contributed by atoms with E-state index in [4.69, 9.17) is 5.73 Å². The van der Waals surface area contributed by atoms with Gasteiger partial charge in [0.1, 0.15) is 0 Å². The predicted octanol–water partition coefficient (Wildman–Crippen LogP) is 1.31. The molecule has 0 fully saturated rings. The molecule has 0 radical (unpaired) electrons. The Morgan fingerprint density at radius 1 is 1.21 bits per heavy atom. The van der Waals surface area contributed by atoms with Crippen LogP contribution in [0.25, 0.3) is 0 Å². The molecule has 1 amide bonds. The Morgan fingerprint density at radius 2 is 1.68 bits per heavy atom. The van der Waals surface area contributed by atoms with Crippen LogP contribution in [0.5, 0.6) is 0 Å². The normalized spacial score (nSPS) is 15.7. The number of alkyl halides is 3. The van der Waals surface area contributed by atoms with Crippen LogP contribution in [0.1, 0.15) is 20.8 Å². The second-order valence-corrected chi connectivity index (χ2v) is 5.65. The summed E-state index contributed by atoms with van der Waals surface area (Å²) in [5, 5.41) is 0. The van der Waals surface area contributed by atoms with Gasteiger partial charge in [0.15, 0.2) is 5.54 Å². The lowest BCUT2D eigenvalue weighted by Gasteiger charge is -2.34. The Morgan fingerprint density at radius 3 is 2.00 bits per heavy atom. The lowest BCUT2D eigenvalue weighted by molar-refractivity contribution is -0.194. The second kappa shape index (κ2) is 6.56. The summed E-state index contributed by atoms with van der Waals surface area (Å²) in [7, 11) is 3.59. The van der Waals surface area contributed by atoms with Gasteiger partial charge in [-0.05, 0) is 26.9 Å². The minimum Gasteiger partial charge on any atom is -0.339 e. The van der Waals surface area contributed by atoms with E-state index in [2.05, 4.69) is 0 Å². The van der Waals surface area contributed by atoms with Crippen LogP contribution in [-0.4, -0.2) is 61.2 Å². The average molecular weight is 283 g/mol. The molecule has 114 valence electrons. The van der Waals surface area contributed by atoms with E-state index in [-0.39, 0.29) is 19.0 Å². The fourth-order valence-corrected chi connectivity index (χ4v) is 1.49. The smallest absolute Gasteiger partial charge is 0.339 e. The third kappa shape index (κ3) is 5.36. The first-order valence-corrected chi connectivity index (χ1v) is 6.19. The summed E-state index contributed by atoms with van der Waals surface area (Å²) >= 11 is 0. The summed E-state index contributed by atoms with van der Waals surface area (Å²) < 4.78 is 38.4. The van der Waals surface area contributed by atoms with Crippen molar-refractivity contribution >= 4 is 5.91 Å². The number of nitrogens with two attached hydrogens (primary N) is 1. The number of halogens is 3. The first-order valence-electron chi connectivity index (χ1n) is 6.19. The van der Waals surface area contributed by atoms with Crippen molar-refractivity contribution in [1.29, 1.82) is 0 Å². The van der Waals surface area contributed by atoms with Gasteiger partial charge in [-0.3, -0.25) is 4.79 Å². The van der Waals surface area contributed by atoms with E-state index in [0.29, 0.717) is 6.54 Å². The molecule has 2 N–H and O–H groups in total. The Kier molecular flexibility index (Phi) is 6.28. The number of carbonyl (C=O) groups excluding carboxylic acids is 1. The van der Waals surface area contributed by atoms with Gasteiger partial charge in [0.2, 0.25) is 0 Å². The van der Waals surface area contributed by atoms with Crippen molar-refractivity contribution in [3.8, 4) is 0 Å². The number of carbonyl (C=O) groups is 1. The van der Waals surface area contributed by atoms with Gasteiger partial charge in [0, 0.05) is 19.6 Å². The molecule has 0 spiro atoms. The number of hydrogen-bond donors (Lipinski definition) is 1. The quantitative estimate of drug-likeness (QED) is 0.799. The molecule has 1 atom stereocenters. The van der Waals surface area contributed by atoms with E-state index in [1.54, 1.807) is 14.1 Å². The van der Waals surface area contributed by atoms with E-state index < -0.39 is 17.6 Å². The zero-order valence-electron chi connectivity index (χ0n) is 12.2. The van der Waals surface area contributed by atoms with E-state index in [1.807, 2.05) is 18.7 Å². The summed E-state index contributed by atoms with van der Waals surface area (Å²) in [4.78, 5) is 15.0. The van der Waals surface area contributed by atoms with Crippen LogP contribution in [0.15, 0.2) is 0 Å². The van der Waals surface area contributed by atoms with Gasteiger partial charge >= 0.3 is 6.18 Å². The third-order valence-corrected chi connectivity index (χ3v) is 2.72. The monoisotopic (exact) mass is 283 g/mol. The average Bonchev–Trinajstić information content (AvgIpc) is 2.20. The standard InChI is InChI=1S/C12H24F3N3O/c1-9(2)8-18(7-6-17(4)5)10(19)11(3,16)12(13,14)15/h9H,6-8,16H2,1-5H3. The highest BCUT2D eigenvalue weighted by Gasteiger charge is 2.55. The largest absolute Gasteiger partial charge is 0.415 e. The van der Waals surface area contributed by atoms with Gasteiger partial charge < -0.3 is 15.5 Å². The van der Waals surface area contributed by atoms with E-state index in [0.717, 1.165) is 6.92 Å². The maximum atomic E-state index is 12.8. The minimum absolute atomic E-state index is 0.0788. The maximum Gasteiger partial charge on any atom is 0.415 e. The topological polar surface area (TPSA) is 49.6 Å². The molecule has 4 nitrogen and oxygen atoms in total. The molecule has 0 aromatic rings. The molecule has 7 heteroatoms. The third-order valence-electron chi connectivity index (χ3n) is 2.72. The zero-order valence-corrected chi connectivity index (χ0v) is 12.2. The van der Waals surface area contributed by atoms with Crippen LogP contribution in [0.3, 0.4) is 0 Å². The van der Waals surface area contributed by atoms with Gasteiger partial charge in [0.25, 0.3) is 5.91 Å². The number of likely N-dealkylation sites (N-methyl/N-ethyl adjacent to an activating group) is 1. The van der Waals surface area contributed by atoms with Crippen LogP contribution in [-0.2, 0) is 4.79 Å². The van der Waals surface area contributed by atoms with Crippen LogP contribution in [0.2, 0.25) is 0 Å². The van der Waals surface area contributed by atoms with Crippen molar-refractivity contribution in [2.24, 2.45) is 11.7 Å². The molecular formula is C12H24F3N3O. The van der Waals surface area contributed by atoms with Crippen LogP contribution >= 0.6 is 0 Å². The molecule has 1 unspecified atom stereocenters. The van der Waals surface area contributed by atoms with Crippen LogP contribution in [0.4, 0.5) is 13.2 Å². The molecule has 0 rings (SSSR count). The van der Waals surface area contributed by atoms with Gasteiger partial charge in [-0.1, -0.05) is 13.8 Å². The number of amides is 1. The van der Waals surface area contributed by atoms with Gasteiger partial charge in [-0.15, -0.1) is 0 Å². The van der Waals surface area contributed by atoms with E-state index in [9.17, 15) is 18.0 Å². The van der Waals surface area contributed by atoms with Crippen LogP contribution < -0.4 is 5.73 Å². The van der Waals surface area contributed by atoms with Gasteiger partial charge in [0.05, 0.1) is 0 Å². The summed E-state index contributed by atoms with van der Waals surface area (Å²) in [6, 6.07) is 0. The molecule has 0 aliphatic heterocycles. The van der Waals surface area contributed by atoms with Crippen molar-refractivity contribution in [3.05, 3.63) is 0 Å². The number of hydrogen-bond acceptors (Lipinski definition) is 3. The van der Waals surface area contributed by atoms with Crippen LogP contribution in [0, 0.1) is 5.92 Å². The number of nitrogens with zero attached hydrogens (tertiary/aromatic N) is 2. The molecule has 19 heavy (non-hydrogen) atoms. The lowest BCUT2D eigenvalue weighted by atomic mass is 10.0. The Hall–Kier alpha value is -0.820. The molecule has 0 aliphatic carbocycles. The highest BCUT2D eigenvalue weighted by molar-refractivity contribution is 5.86. The van der Waals surface area contributed by atoms with Crippen molar-refractivity contribution in [2.45, 2.75) is 32.5 Å². The fourth-order valence-electron chi connectivity index (χ4n) is 1.49. The van der Waals surface area contributed by atoms with Crippen molar-refractivity contribution in [3.63, 3.8) is 0 Å². The molecule has 0 saturated heterocycles. The molecular weight excluding hydrogens is 259 g/mol. The van der Waals surface area contributed by atoms with Crippen molar-refractivity contribution in [2.75, 3.05) is 33.7 Å². The molecule has 0 bridgehead atoms. The van der Waals surface area contributed by atoms with E-state index in [1.165, 1.54) is 4.90 Å². The highest BCUT2D eigenvalue weighted by Crippen LogP contribution is 2.29. The van der Waals surface area contributed by atoms with E-state index >= 15 is 0 Å². The van der Waals surface area contributed by atoms with Gasteiger partial charge in [-0.2, -0.15) is 13.2 Å². The number of rotatable bonds is 6. The lowest BCUT2D eigenvalue weighted by Crippen LogP contribution is -2.63. The van der Waals surface area contributed by atoms with Gasteiger partial charge in [-0.25, -0.2) is 0 Å². The summed E-state index contributed by atoms with van der Waals surface area (Å²) in [5.41, 5.74) is 2.35.